The fourth-order valence-corrected chi connectivity index (χ4v) is 4.24. The lowest BCUT2D eigenvalue weighted by atomic mass is 10.1. The number of nitrogens with zero attached hydrogens (tertiary/aromatic N) is 3. The van der Waals surface area contributed by atoms with Crippen molar-refractivity contribution in [3.8, 4) is 0 Å². The molecule has 2 fully saturated rings. The summed E-state index contributed by atoms with van der Waals surface area (Å²) in [4.78, 5) is 9.54. The van der Waals surface area contributed by atoms with Gasteiger partial charge < -0.3 is 15.5 Å². The van der Waals surface area contributed by atoms with Crippen LogP contribution in [0, 0.1) is 5.92 Å². The van der Waals surface area contributed by atoms with Crippen LogP contribution in [0.1, 0.15) is 32.3 Å². The molecule has 5 nitrogen and oxygen atoms in total. The van der Waals surface area contributed by atoms with Gasteiger partial charge in [0.15, 0.2) is 5.96 Å². The first kappa shape index (κ1) is 19.2. The molecule has 2 N–H and O–H groups in total. The molecule has 0 radical (unpaired) electrons. The van der Waals surface area contributed by atoms with Crippen molar-refractivity contribution in [3.63, 3.8) is 0 Å². The van der Waals surface area contributed by atoms with Crippen LogP contribution in [-0.2, 0) is 6.54 Å². The summed E-state index contributed by atoms with van der Waals surface area (Å²) in [6.07, 6.45) is 2.46. The van der Waals surface area contributed by atoms with Gasteiger partial charge in [0.1, 0.15) is 0 Å². The second kappa shape index (κ2) is 9.38. The highest BCUT2D eigenvalue weighted by Crippen LogP contribution is 2.20. The Morgan fingerprint density at radius 2 is 2.04 bits per heavy atom. The molecule has 26 heavy (non-hydrogen) atoms. The van der Waals surface area contributed by atoms with Gasteiger partial charge in [0.05, 0.1) is 0 Å². The topological polar surface area (TPSA) is 42.9 Å². The second-order valence-electron chi connectivity index (χ2n) is 7.84. The van der Waals surface area contributed by atoms with Crippen molar-refractivity contribution in [3.05, 3.63) is 35.9 Å². The molecule has 2 heterocycles. The van der Waals surface area contributed by atoms with Gasteiger partial charge >= 0.3 is 0 Å². The molecule has 3 unspecified atom stereocenters. The van der Waals surface area contributed by atoms with Crippen LogP contribution in [-0.4, -0.2) is 67.6 Å². The summed E-state index contributed by atoms with van der Waals surface area (Å²) in [6.45, 7) is 11.3. The fourth-order valence-electron chi connectivity index (χ4n) is 4.24. The first-order valence-electron chi connectivity index (χ1n) is 10.2. The van der Waals surface area contributed by atoms with E-state index in [9.17, 15) is 0 Å². The van der Waals surface area contributed by atoms with E-state index in [1.54, 1.807) is 0 Å². The smallest absolute Gasteiger partial charge is 0.191 e. The quantitative estimate of drug-likeness (QED) is 0.605. The maximum atomic E-state index is 4.45. The molecule has 3 atom stereocenters. The SMILES string of the molecule is CCN1CCC(CNC(=NC)NC2CC(C)N(Cc3ccccc3)C2)C1. The number of nitrogens with one attached hydrogen (secondary N) is 2. The summed E-state index contributed by atoms with van der Waals surface area (Å²) < 4.78 is 0. The van der Waals surface area contributed by atoms with E-state index in [4.69, 9.17) is 0 Å². The minimum atomic E-state index is 0.468. The highest BCUT2D eigenvalue weighted by molar-refractivity contribution is 5.80. The molecule has 0 saturated carbocycles. The Morgan fingerprint density at radius 1 is 1.23 bits per heavy atom. The summed E-state index contributed by atoms with van der Waals surface area (Å²) in [5.41, 5.74) is 1.39. The van der Waals surface area contributed by atoms with E-state index >= 15 is 0 Å². The van der Waals surface area contributed by atoms with Crippen molar-refractivity contribution >= 4 is 5.96 Å². The van der Waals surface area contributed by atoms with Gasteiger partial charge in [0.25, 0.3) is 0 Å². The first-order valence-corrected chi connectivity index (χ1v) is 10.2. The standard InChI is InChI=1S/C21H35N5/c1-4-25-11-10-19(14-25)13-23-21(22-3)24-20-12-17(2)26(16-20)15-18-8-6-5-7-9-18/h5-9,17,19-20H,4,10-16H2,1-3H3,(H2,22,23,24). The van der Waals surface area contributed by atoms with E-state index in [0.29, 0.717) is 12.1 Å². The monoisotopic (exact) mass is 357 g/mol. The minimum absolute atomic E-state index is 0.468. The van der Waals surface area contributed by atoms with Gasteiger partial charge in [-0.3, -0.25) is 9.89 Å². The average molecular weight is 358 g/mol. The van der Waals surface area contributed by atoms with Gasteiger partial charge in [-0.25, -0.2) is 0 Å². The van der Waals surface area contributed by atoms with Gasteiger partial charge in [-0.2, -0.15) is 0 Å². The summed E-state index contributed by atoms with van der Waals surface area (Å²) in [7, 11) is 1.88. The van der Waals surface area contributed by atoms with Crippen LogP contribution in [0.4, 0.5) is 0 Å². The van der Waals surface area contributed by atoms with Gasteiger partial charge in [0.2, 0.25) is 0 Å². The Morgan fingerprint density at radius 3 is 2.73 bits per heavy atom. The number of hydrogen-bond donors (Lipinski definition) is 2. The van der Waals surface area contributed by atoms with Crippen LogP contribution < -0.4 is 10.6 Å². The Kier molecular flexibility index (Phi) is 6.92. The van der Waals surface area contributed by atoms with E-state index in [2.05, 4.69) is 69.6 Å². The average Bonchev–Trinajstić information content (AvgIpc) is 3.26. The van der Waals surface area contributed by atoms with E-state index in [1.807, 2.05) is 7.05 Å². The van der Waals surface area contributed by atoms with Crippen molar-refractivity contribution in [2.45, 2.75) is 45.3 Å². The van der Waals surface area contributed by atoms with Gasteiger partial charge in [-0.1, -0.05) is 37.3 Å². The number of rotatable bonds is 6. The molecule has 0 aromatic heterocycles. The molecule has 0 amide bonds. The van der Waals surface area contributed by atoms with Crippen LogP contribution in [0.3, 0.4) is 0 Å². The van der Waals surface area contributed by atoms with Crippen molar-refractivity contribution in [2.75, 3.05) is 39.8 Å². The van der Waals surface area contributed by atoms with Crippen molar-refractivity contribution in [2.24, 2.45) is 10.9 Å². The summed E-state index contributed by atoms with van der Waals surface area (Å²) in [6, 6.07) is 11.8. The maximum Gasteiger partial charge on any atom is 0.191 e. The van der Waals surface area contributed by atoms with E-state index in [1.165, 1.54) is 38.0 Å². The molecular formula is C21H35N5. The zero-order valence-corrected chi connectivity index (χ0v) is 16.6. The Balaban J connectivity index is 1.44. The van der Waals surface area contributed by atoms with Gasteiger partial charge in [-0.05, 0) is 44.3 Å². The third-order valence-electron chi connectivity index (χ3n) is 5.87. The largest absolute Gasteiger partial charge is 0.356 e. The molecule has 2 aliphatic heterocycles. The summed E-state index contributed by atoms with van der Waals surface area (Å²) in [5, 5.41) is 7.20. The zero-order valence-electron chi connectivity index (χ0n) is 16.6. The van der Waals surface area contributed by atoms with Crippen molar-refractivity contribution in [1.82, 2.24) is 20.4 Å². The fraction of sp³-hybridized carbons (Fsp3) is 0.667. The number of aliphatic imine (C=N–C) groups is 1. The van der Waals surface area contributed by atoms with Crippen LogP contribution in [0.2, 0.25) is 0 Å². The molecule has 2 saturated heterocycles. The molecule has 144 valence electrons. The molecule has 5 heteroatoms. The third-order valence-corrected chi connectivity index (χ3v) is 5.87. The predicted octanol–water partition coefficient (Wildman–Crippen LogP) is 2.16. The lowest BCUT2D eigenvalue weighted by molar-refractivity contribution is 0.258. The predicted molar refractivity (Wildman–Crippen MR) is 109 cm³/mol. The van der Waals surface area contributed by atoms with Crippen molar-refractivity contribution < 1.29 is 0 Å². The normalized spacial score (nSPS) is 27.8. The van der Waals surface area contributed by atoms with E-state index < -0.39 is 0 Å². The van der Waals surface area contributed by atoms with Crippen LogP contribution in [0.15, 0.2) is 35.3 Å². The molecule has 1 aromatic rings. The molecule has 1 aromatic carbocycles. The molecule has 0 bridgehead atoms. The second-order valence-corrected chi connectivity index (χ2v) is 7.84. The number of hydrogen-bond acceptors (Lipinski definition) is 3. The van der Waals surface area contributed by atoms with E-state index in [-0.39, 0.29) is 0 Å². The van der Waals surface area contributed by atoms with Gasteiger partial charge in [-0.15, -0.1) is 0 Å². The molecule has 2 aliphatic rings. The molecule has 0 spiro atoms. The lowest BCUT2D eigenvalue weighted by Gasteiger charge is -2.21. The highest BCUT2D eigenvalue weighted by Gasteiger charge is 2.29. The third kappa shape index (κ3) is 5.21. The number of likely N-dealkylation sites (tertiary alicyclic amines) is 2. The van der Waals surface area contributed by atoms with Gasteiger partial charge in [0, 0.05) is 45.3 Å². The number of guanidine groups is 1. The molecule has 3 rings (SSSR count). The minimum Gasteiger partial charge on any atom is -0.356 e. The Labute approximate surface area is 158 Å². The van der Waals surface area contributed by atoms with Crippen LogP contribution in [0.5, 0.6) is 0 Å². The molecule has 0 aliphatic carbocycles. The Bertz CT molecular complexity index is 573. The first-order chi connectivity index (χ1) is 12.7. The lowest BCUT2D eigenvalue weighted by Crippen LogP contribution is -2.46. The summed E-state index contributed by atoms with van der Waals surface area (Å²) in [5.74, 6) is 1.70. The van der Waals surface area contributed by atoms with Crippen LogP contribution in [0.25, 0.3) is 0 Å². The van der Waals surface area contributed by atoms with Crippen LogP contribution >= 0.6 is 0 Å². The van der Waals surface area contributed by atoms with Crippen molar-refractivity contribution in [1.29, 1.82) is 0 Å². The van der Waals surface area contributed by atoms with E-state index in [0.717, 1.165) is 31.5 Å². The Hall–Kier alpha value is -1.59. The molecular weight excluding hydrogens is 322 g/mol. The number of benzene rings is 1. The highest BCUT2D eigenvalue weighted by atomic mass is 15.3. The summed E-state index contributed by atoms with van der Waals surface area (Å²) >= 11 is 0. The maximum absolute atomic E-state index is 4.45. The zero-order chi connectivity index (χ0) is 18.4.